The molecule has 33 heavy (non-hydrogen) atoms. The molecule has 1 aromatic carbocycles. The molecule has 4 heterocycles. The van der Waals surface area contributed by atoms with Gasteiger partial charge < -0.3 is 25.0 Å². The topological polar surface area (TPSA) is 107 Å². The highest BCUT2D eigenvalue weighted by Crippen LogP contribution is 2.34. The van der Waals surface area contributed by atoms with Crippen molar-refractivity contribution in [1.82, 2.24) is 15.0 Å². The van der Waals surface area contributed by atoms with Gasteiger partial charge in [-0.2, -0.15) is 0 Å². The van der Waals surface area contributed by atoms with Gasteiger partial charge in [0, 0.05) is 55.8 Å². The van der Waals surface area contributed by atoms with Crippen molar-refractivity contribution >= 4 is 23.0 Å². The largest absolute Gasteiger partial charge is 0.490 e. The number of rotatable bonds is 5. The minimum Gasteiger partial charge on any atom is -0.490 e. The minimum absolute atomic E-state index is 0.120. The second-order valence-corrected chi connectivity index (χ2v) is 8.15. The Morgan fingerprint density at radius 3 is 2.79 bits per heavy atom. The molecular formula is C24H26N6O3. The van der Waals surface area contributed by atoms with Gasteiger partial charge in [0.15, 0.2) is 11.6 Å². The normalized spacial score (nSPS) is 15.7. The van der Waals surface area contributed by atoms with Crippen molar-refractivity contribution in [1.29, 1.82) is 0 Å². The summed E-state index contributed by atoms with van der Waals surface area (Å²) >= 11 is 0. The average Bonchev–Trinajstić information content (AvgIpc) is 2.85. The van der Waals surface area contributed by atoms with Gasteiger partial charge in [0.2, 0.25) is 0 Å². The molecule has 0 spiro atoms. The first-order chi connectivity index (χ1) is 16.1. The van der Waals surface area contributed by atoms with E-state index in [1.807, 2.05) is 31.3 Å². The van der Waals surface area contributed by atoms with Gasteiger partial charge in [-0.25, -0.2) is 9.97 Å². The van der Waals surface area contributed by atoms with E-state index in [0.717, 1.165) is 47.9 Å². The molecule has 170 valence electrons. The third-order valence-electron chi connectivity index (χ3n) is 6.00. The van der Waals surface area contributed by atoms with Crippen LogP contribution in [0.4, 0.5) is 17.2 Å². The van der Waals surface area contributed by atoms with Crippen LogP contribution in [-0.4, -0.2) is 67.2 Å². The molecule has 5 rings (SSSR count). The van der Waals surface area contributed by atoms with E-state index in [1.54, 1.807) is 18.6 Å². The van der Waals surface area contributed by atoms with Crippen LogP contribution in [0.1, 0.15) is 16.1 Å². The van der Waals surface area contributed by atoms with E-state index in [1.165, 1.54) is 0 Å². The van der Waals surface area contributed by atoms with Crippen molar-refractivity contribution in [3.63, 3.8) is 0 Å². The predicted molar refractivity (Wildman–Crippen MR) is 126 cm³/mol. The van der Waals surface area contributed by atoms with Gasteiger partial charge in [-0.15, -0.1) is 0 Å². The number of aromatic nitrogens is 3. The van der Waals surface area contributed by atoms with Crippen LogP contribution in [0.25, 0.3) is 11.3 Å². The first kappa shape index (κ1) is 21.1. The lowest BCUT2D eigenvalue weighted by Crippen LogP contribution is -2.37. The molecule has 9 heteroatoms. The fourth-order valence-corrected chi connectivity index (χ4v) is 4.19. The van der Waals surface area contributed by atoms with Crippen LogP contribution in [0.3, 0.4) is 0 Å². The Bertz CT molecular complexity index is 1180. The summed E-state index contributed by atoms with van der Waals surface area (Å²) in [6, 6.07) is 7.81. The number of ether oxygens (including phenoxy) is 2. The number of benzene rings is 1. The number of anilines is 3. The molecule has 0 aliphatic carbocycles. The Morgan fingerprint density at radius 1 is 1.09 bits per heavy atom. The summed E-state index contributed by atoms with van der Waals surface area (Å²) in [6.45, 7) is 4.34. The van der Waals surface area contributed by atoms with E-state index in [2.05, 4.69) is 24.8 Å². The van der Waals surface area contributed by atoms with Crippen molar-refractivity contribution < 1.29 is 14.3 Å². The molecule has 1 fully saturated rings. The molecular weight excluding hydrogens is 420 g/mol. The summed E-state index contributed by atoms with van der Waals surface area (Å²) in [4.78, 5) is 30.7. The zero-order chi connectivity index (χ0) is 22.8. The number of carbonyl (C=O) groups is 1. The molecule has 0 amide bonds. The number of pyridine rings is 1. The lowest BCUT2D eigenvalue weighted by Gasteiger charge is -2.30. The van der Waals surface area contributed by atoms with Crippen LogP contribution < -0.4 is 20.3 Å². The van der Waals surface area contributed by atoms with E-state index in [-0.39, 0.29) is 23.7 Å². The number of nitrogens with two attached hydrogens (primary N) is 1. The number of nitrogen functional groups attached to an aromatic ring is 1. The van der Waals surface area contributed by atoms with Crippen molar-refractivity contribution in [2.45, 2.75) is 6.42 Å². The van der Waals surface area contributed by atoms with Crippen LogP contribution in [0.2, 0.25) is 0 Å². The van der Waals surface area contributed by atoms with Crippen LogP contribution in [0, 0.1) is 0 Å². The summed E-state index contributed by atoms with van der Waals surface area (Å²) in [5.74, 6) is 0.714. The number of fused-ring (bicyclic) bond motifs is 1. The van der Waals surface area contributed by atoms with E-state index >= 15 is 0 Å². The fourth-order valence-electron chi connectivity index (χ4n) is 4.19. The van der Waals surface area contributed by atoms with Crippen molar-refractivity contribution in [3.8, 4) is 17.0 Å². The van der Waals surface area contributed by atoms with E-state index in [0.29, 0.717) is 25.5 Å². The molecule has 0 radical (unpaired) electrons. The van der Waals surface area contributed by atoms with E-state index < -0.39 is 0 Å². The molecule has 2 N–H and O–H groups in total. The van der Waals surface area contributed by atoms with Crippen molar-refractivity contribution in [2.24, 2.45) is 0 Å². The quantitative estimate of drug-likeness (QED) is 0.590. The average molecular weight is 447 g/mol. The predicted octanol–water partition coefficient (Wildman–Crippen LogP) is 2.21. The van der Waals surface area contributed by atoms with E-state index in [9.17, 15) is 4.79 Å². The molecule has 0 unspecified atom stereocenters. The minimum atomic E-state index is -0.196. The summed E-state index contributed by atoms with van der Waals surface area (Å²) in [5.41, 5.74) is 10.5. The maximum atomic E-state index is 13.2. The number of hydrogen-bond acceptors (Lipinski definition) is 9. The Kier molecular flexibility index (Phi) is 5.78. The SMILES string of the molecule is CN1CCOc2cc(-c3cnc(N)c(C(=O)Cc4cnccc4N4CCOCC4)n3)ccc21. The molecule has 0 saturated carbocycles. The summed E-state index contributed by atoms with van der Waals surface area (Å²) < 4.78 is 11.3. The first-order valence-corrected chi connectivity index (χ1v) is 11.0. The van der Waals surface area contributed by atoms with Crippen molar-refractivity contribution in [2.75, 3.05) is 62.0 Å². The number of likely N-dealkylation sites (N-methyl/N-ethyl adjacent to an activating group) is 1. The third-order valence-corrected chi connectivity index (χ3v) is 6.00. The highest BCUT2D eigenvalue weighted by molar-refractivity contribution is 6.00. The molecule has 1 saturated heterocycles. The lowest BCUT2D eigenvalue weighted by atomic mass is 10.0. The number of nitrogens with zero attached hydrogens (tertiary/aromatic N) is 5. The van der Waals surface area contributed by atoms with Gasteiger partial charge in [-0.05, 0) is 18.2 Å². The Labute approximate surface area is 192 Å². The maximum absolute atomic E-state index is 13.2. The Morgan fingerprint density at radius 2 is 1.94 bits per heavy atom. The van der Waals surface area contributed by atoms with Crippen LogP contribution >= 0.6 is 0 Å². The van der Waals surface area contributed by atoms with Crippen molar-refractivity contribution in [3.05, 3.63) is 54.1 Å². The summed E-state index contributed by atoms with van der Waals surface area (Å²) in [6.07, 6.45) is 5.20. The molecule has 2 aliphatic heterocycles. The number of morpholine rings is 1. The van der Waals surface area contributed by atoms with Gasteiger partial charge in [0.25, 0.3) is 0 Å². The first-order valence-electron chi connectivity index (χ1n) is 11.0. The number of hydrogen-bond donors (Lipinski definition) is 1. The molecule has 0 atom stereocenters. The van der Waals surface area contributed by atoms with Crippen LogP contribution in [-0.2, 0) is 11.2 Å². The standard InChI is InChI=1S/C24H26N6O3/c1-29-6-11-33-22-13-16(2-3-20(22)29)18-15-27-24(25)23(28-18)21(31)12-17-14-26-5-4-19(17)30-7-9-32-10-8-30/h2-5,13-15H,6-12H2,1H3,(H2,25,27). The highest BCUT2D eigenvalue weighted by atomic mass is 16.5. The summed E-state index contributed by atoms with van der Waals surface area (Å²) in [5, 5.41) is 0. The number of ketones is 1. The molecule has 2 aliphatic rings. The molecule has 3 aromatic rings. The zero-order valence-electron chi connectivity index (χ0n) is 18.5. The fraction of sp³-hybridized carbons (Fsp3) is 0.333. The van der Waals surface area contributed by atoms with Gasteiger partial charge in [-0.1, -0.05) is 6.07 Å². The zero-order valence-corrected chi connectivity index (χ0v) is 18.5. The van der Waals surface area contributed by atoms with Gasteiger partial charge in [-0.3, -0.25) is 9.78 Å². The Hall–Kier alpha value is -3.72. The Balaban J connectivity index is 1.42. The number of Topliss-reactive ketones (excluding diaryl/α,β-unsaturated/α-hetero) is 1. The number of carbonyl (C=O) groups excluding carboxylic acids is 1. The second-order valence-electron chi connectivity index (χ2n) is 8.15. The lowest BCUT2D eigenvalue weighted by molar-refractivity contribution is 0.0988. The smallest absolute Gasteiger partial charge is 0.189 e. The molecule has 0 bridgehead atoms. The molecule has 2 aromatic heterocycles. The van der Waals surface area contributed by atoms with Crippen LogP contribution in [0.15, 0.2) is 42.9 Å². The van der Waals surface area contributed by atoms with Gasteiger partial charge >= 0.3 is 0 Å². The molecule has 9 nitrogen and oxygen atoms in total. The van der Waals surface area contributed by atoms with E-state index in [4.69, 9.17) is 15.2 Å². The van der Waals surface area contributed by atoms with Gasteiger partial charge in [0.05, 0.1) is 37.3 Å². The van der Waals surface area contributed by atoms with Gasteiger partial charge in [0.1, 0.15) is 18.1 Å². The maximum Gasteiger partial charge on any atom is 0.189 e. The van der Waals surface area contributed by atoms with Crippen LogP contribution in [0.5, 0.6) is 5.75 Å². The highest BCUT2D eigenvalue weighted by Gasteiger charge is 2.21. The second kappa shape index (κ2) is 9.03. The monoisotopic (exact) mass is 446 g/mol. The summed E-state index contributed by atoms with van der Waals surface area (Å²) in [7, 11) is 2.03. The third kappa shape index (κ3) is 4.31.